The molecule has 0 aliphatic heterocycles. The van der Waals surface area contributed by atoms with Crippen molar-refractivity contribution in [2.45, 2.75) is 31.8 Å². The third-order valence-electron chi connectivity index (χ3n) is 3.22. The van der Waals surface area contributed by atoms with Gasteiger partial charge in [0.05, 0.1) is 0 Å². The van der Waals surface area contributed by atoms with Crippen LogP contribution in [0.5, 0.6) is 5.75 Å². The number of rotatable bonds is 4. The second-order valence-electron chi connectivity index (χ2n) is 5.02. The summed E-state index contributed by atoms with van der Waals surface area (Å²) in [5, 5.41) is 2.80. The lowest BCUT2D eigenvalue weighted by Crippen LogP contribution is -2.28. The van der Waals surface area contributed by atoms with Crippen molar-refractivity contribution in [1.82, 2.24) is 10.2 Å². The minimum atomic E-state index is -0.354. The molecule has 1 aromatic rings. The van der Waals surface area contributed by atoms with Gasteiger partial charge in [-0.3, -0.25) is 0 Å². The lowest BCUT2D eigenvalue weighted by molar-refractivity contribution is 0.200. The van der Waals surface area contributed by atoms with E-state index in [0.29, 0.717) is 17.8 Å². The van der Waals surface area contributed by atoms with E-state index >= 15 is 0 Å². The Morgan fingerprint density at radius 1 is 1.44 bits per heavy atom. The summed E-state index contributed by atoms with van der Waals surface area (Å²) in [6.07, 6.45) is 1.77. The maximum Gasteiger partial charge on any atom is 0.412 e. The second-order valence-corrected chi connectivity index (χ2v) is 5.02. The number of hydrogen-bond acceptors (Lipinski definition) is 3. The standard InChI is InChI=1S/C14H20N2O2/c1-10(16(2)3)11-5-4-6-13(9-11)18-14(17)15-12-7-8-12/h4-6,9-10,12H,7-8H2,1-3H3,(H,15,17). The van der Waals surface area contributed by atoms with Crippen molar-refractivity contribution < 1.29 is 9.53 Å². The molecule has 98 valence electrons. The SMILES string of the molecule is CC(c1cccc(OC(=O)NC2CC2)c1)N(C)C. The summed E-state index contributed by atoms with van der Waals surface area (Å²) >= 11 is 0. The van der Waals surface area contributed by atoms with Gasteiger partial charge in [-0.2, -0.15) is 0 Å². The van der Waals surface area contributed by atoms with Crippen molar-refractivity contribution in [3.05, 3.63) is 29.8 Å². The van der Waals surface area contributed by atoms with E-state index in [9.17, 15) is 4.79 Å². The average molecular weight is 248 g/mol. The van der Waals surface area contributed by atoms with Crippen molar-refractivity contribution in [3.63, 3.8) is 0 Å². The summed E-state index contributed by atoms with van der Waals surface area (Å²) in [7, 11) is 4.05. The molecular formula is C14H20N2O2. The normalized spacial score (nSPS) is 16.4. The van der Waals surface area contributed by atoms with E-state index in [-0.39, 0.29) is 6.09 Å². The maximum atomic E-state index is 11.5. The molecule has 1 unspecified atom stereocenters. The van der Waals surface area contributed by atoms with Crippen LogP contribution in [-0.4, -0.2) is 31.1 Å². The molecule has 0 heterocycles. The highest BCUT2D eigenvalue weighted by Gasteiger charge is 2.24. The number of nitrogens with one attached hydrogen (secondary N) is 1. The topological polar surface area (TPSA) is 41.6 Å². The van der Waals surface area contributed by atoms with Crippen molar-refractivity contribution in [3.8, 4) is 5.75 Å². The molecule has 1 aliphatic rings. The summed E-state index contributed by atoms with van der Waals surface area (Å²) in [6.45, 7) is 2.11. The molecule has 0 radical (unpaired) electrons. The first-order chi connectivity index (χ1) is 8.56. The van der Waals surface area contributed by atoms with Gasteiger partial charge in [-0.05, 0) is 51.6 Å². The number of hydrogen-bond donors (Lipinski definition) is 1. The van der Waals surface area contributed by atoms with Gasteiger partial charge in [0.15, 0.2) is 0 Å². The Morgan fingerprint density at radius 3 is 2.78 bits per heavy atom. The van der Waals surface area contributed by atoms with E-state index in [0.717, 1.165) is 18.4 Å². The van der Waals surface area contributed by atoms with Crippen molar-refractivity contribution >= 4 is 6.09 Å². The van der Waals surface area contributed by atoms with Gasteiger partial charge in [-0.25, -0.2) is 4.79 Å². The molecule has 1 N–H and O–H groups in total. The molecule has 1 saturated carbocycles. The third kappa shape index (κ3) is 3.47. The van der Waals surface area contributed by atoms with Crippen LogP contribution in [0, 0.1) is 0 Å². The van der Waals surface area contributed by atoms with E-state index in [2.05, 4.69) is 17.1 Å². The zero-order valence-electron chi connectivity index (χ0n) is 11.1. The third-order valence-corrected chi connectivity index (χ3v) is 3.22. The summed E-state index contributed by atoms with van der Waals surface area (Å²) in [5.41, 5.74) is 1.14. The highest BCUT2D eigenvalue weighted by molar-refractivity contribution is 5.71. The van der Waals surface area contributed by atoms with Gasteiger partial charge in [0.25, 0.3) is 0 Å². The smallest absolute Gasteiger partial charge is 0.410 e. The summed E-state index contributed by atoms with van der Waals surface area (Å²) in [6, 6.07) is 8.28. The lowest BCUT2D eigenvalue weighted by atomic mass is 10.1. The van der Waals surface area contributed by atoms with E-state index < -0.39 is 0 Å². The van der Waals surface area contributed by atoms with E-state index in [1.807, 2.05) is 32.3 Å². The molecular weight excluding hydrogens is 228 g/mol. The van der Waals surface area contributed by atoms with Crippen LogP contribution in [0.25, 0.3) is 0 Å². The van der Waals surface area contributed by atoms with Gasteiger partial charge < -0.3 is 15.0 Å². The van der Waals surface area contributed by atoms with Crippen LogP contribution in [0.15, 0.2) is 24.3 Å². The number of carbonyl (C=O) groups excluding carboxylic acids is 1. The number of amides is 1. The zero-order valence-corrected chi connectivity index (χ0v) is 11.1. The Morgan fingerprint density at radius 2 is 2.17 bits per heavy atom. The molecule has 2 rings (SSSR count). The summed E-state index contributed by atoms with van der Waals surface area (Å²) in [5.74, 6) is 0.597. The number of nitrogens with zero attached hydrogens (tertiary/aromatic N) is 1. The lowest BCUT2D eigenvalue weighted by Gasteiger charge is -2.20. The van der Waals surface area contributed by atoms with Gasteiger partial charge in [0.2, 0.25) is 0 Å². The van der Waals surface area contributed by atoms with Crippen molar-refractivity contribution in [2.75, 3.05) is 14.1 Å². The Balaban J connectivity index is 1.99. The fourth-order valence-electron chi connectivity index (χ4n) is 1.67. The Hall–Kier alpha value is -1.55. The van der Waals surface area contributed by atoms with Gasteiger partial charge in [-0.15, -0.1) is 0 Å². The first kappa shape index (κ1) is 12.9. The van der Waals surface area contributed by atoms with Crippen LogP contribution in [0.2, 0.25) is 0 Å². The Labute approximate surface area is 108 Å². The Kier molecular flexibility index (Phi) is 3.87. The van der Waals surface area contributed by atoms with Gasteiger partial charge in [-0.1, -0.05) is 12.1 Å². The van der Waals surface area contributed by atoms with Crippen LogP contribution >= 0.6 is 0 Å². The second kappa shape index (κ2) is 5.40. The zero-order chi connectivity index (χ0) is 13.1. The van der Waals surface area contributed by atoms with Gasteiger partial charge in [0, 0.05) is 12.1 Å². The summed E-state index contributed by atoms with van der Waals surface area (Å²) < 4.78 is 5.27. The molecule has 1 atom stereocenters. The maximum absolute atomic E-state index is 11.5. The molecule has 0 bridgehead atoms. The van der Waals surface area contributed by atoms with Crippen LogP contribution in [0.4, 0.5) is 4.79 Å². The first-order valence-corrected chi connectivity index (χ1v) is 6.31. The Bertz CT molecular complexity index is 428. The predicted molar refractivity (Wildman–Crippen MR) is 70.7 cm³/mol. The van der Waals surface area contributed by atoms with Crippen LogP contribution in [0.1, 0.15) is 31.4 Å². The van der Waals surface area contributed by atoms with E-state index in [1.54, 1.807) is 6.07 Å². The van der Waals surface area contributed by atoms with Gasteiger partial charge >= 0.3 is 6.09 Å². The quantitative estimate of drug-likeness (QED) is 0.890. The van der Waals surface area contributed by atoms with Gasteiger partial charge in [0.1, 0.15) is 5.75 Å². The van der Waals surface area contributed by atoms with Crippen LogP contribution in [-0.2, 0) is 0 Å². The molecule has 1 fully saturated rings. The molecule has 4 heteroatoms. The van der Waals surface area contributed by atoms with Crippen molar-refractivity contribution in [1.29, 1.82) is 0 Å². The minimum Gasteiger partial charge on any atom is -0.410 e. The fourth-order valence-corrected chi connectivity index (χ4v) is 1.67. The first-order valence-electron chi connectivity index (χ1n) is 6.31. The fraction of sp³-hybridized carbons (Fsp3) is 0.500. The molecule has 0 aromatic heterocycles. The predicted octanol–water partition coefficient (Wildman–Crippen LogP) is 2.56. The van der Waals surface area contributed by atoms with Crippen LogP contribution < -0.4 is 10.1 Å². The van der Waals surface area contributed by atoms with E-state index in [1.165, 1.54) is 0 Å². The largest absolute Gasteiger partial charge is 0.412 e. The minimum absolute atomic E-state index is 0.292. The highest BCUT2D eigenvalue weighted by Crippen LogP contribution is 2.23. The molecule has 0 saturated heterocycles. The highest BCUT2D eigenvalue weighted by atomic mass is 16.6. The van der Waals surface area contributed by atoms with Crippen molar-refractivity contribution in [2.24, 2.45) is 0 Å². The molecule has 4 nitrogen and oxygen atoms in total. The monoisotopic (exact) mass is 248 g/mol. The molecule has 1 aromatic carbocycles. The summed E-state index contributed by atoms with van der Waals surface area (Å²) in [4.78, 5) is 13.6. The molecule has 18 heavy (non-hydrogen) atoms. The molecule has 1 amide bonds. The number of benzene rings is 1. The average Bonchev–Trinajstić information content (AvgIpc) is 3.12. The number of ether oxygens (including phenoxy) is 1. The van der Waals surface area contributed by atoms with Crippen LogP contribution in [0.3, 0.4) is 0 Å². The van der Waals surface area contributed by atoms with E-state index in [4.69, 9.17) is 4.74 Å². The number of carbonyl (C=O) groups is 1. The molecule has 1 aliphatic carbocycles. The molecule has 0 spiro atoms.